The van der Waals surface area contributed by atoms with Crippen molar-refractivity contribution in [3.8, 4) is 17.3 Å². The summed E-state index contributed by atoms with van der Waals surface area (Å²) >= 11 is 0. The van der Waals surface area contributed by atoms with Crippen LogP contribution in [-0.4, -0.2) is 27.0 Å². The highest BCUT2D eigenvalue weighted by atomic mass is 16.5. The first-order valence-corrected chi connectivity index (χ1v) is 9.88. The van der Waals surface area contributed by atoms with Gasteiger partial charge < -0.3 is 10.1 Å². The van der Waals surface area contributed by atoms with Crippen LogP contribution in [0.4, 0.5) is 5.82 Å². The Morgan fingerprint density at radius 2 is 2.04 bits per heavy atom. The van der Waals surface area contributed by atoms with Gasteiger partial charge >= 0.3 is 0 Å². The zero-order chi connectivity index (χ0) is 18.9. The molecule has 28 heavy (non-hydrogen) atoms. The van der Waals surface area contributed by atoms with E-state index in [1.165, 1.54) is 29.7 Å². The van der Waals surface area contributed by atoms with E-state index in [1.807, 2.05) is 30.6 Å². The van der Waals surface area contributed by atoms with Crippen LogP contribution in [0.15, 0.2) is 42.9 Å². The van der Waals surface area contributed by atoms with Gasteiger partial charge in [0.1, 0.15) is 5.82 Å². The van der Waals surface area contributed by atoms with Gasteiger partial charge in [-0.15, -0.1) is 0 Å². The third-order valence-corrected chi connectivity index (χ3v) is 5.57. The molecule has 0 aliphatic heterocycles. The first-order chi connectivity index (χ1) is 13.8. The standard InChI is InChI=1S/C22H23N5O/c1-28-19-10-9-15(13-24-19)20(14-7-8-14)26-22-17-5-2-6-18(17)25-21(27-22)16-4-3-11-23-12-16/h3-4,9-14,20H,2,5-8H2,1H3,(H,25,26,27). The fourth-order valence-electron chi connectivity index (χ4n) is 3.92. The molecule has 1 fully saturated rings. The lowest BCUT2D eigenvalue weighted by molar-refractivity contribution is 0.397. The van der Waals surface area contributed by atoms with Crippen molar-refractivity contribution in [3.63, 3.8) is 0 Å². The predicted molar refractivity (Wildman–Crippen MR) is 107 cm³/mol. The molecule has 0 spiro atoms. The highest BCUT2D eigenvalue weighted by molar-refractivity contribution is 5.60. The highest BCUT2D eigenvalue weighted by Crippen LogP contribution is 2.43. The van der Waals surface area contributed by atoms with Crippen molar-refractivity contribution in [2.24, 2.45) is 5.92 Å². The number of nitrogens with one attached hydrogen (secondary N) is 1. The van der Waals surface area contributed by atoms with Gasteiger partial charge in [-0.1, -0.05) is 6.07 Å². The van der Waals surface area contributed by atoms with Gasteiger partial charge in [-0.3, -0.25) is 4.98 Å². The Morgan fingerprint density at radius 3 is 2.75 bits per heavy atom. The number of hydrogen-bond acceptors (Lipinski definition) is 6. The molecule has 3 aromatic rings. The Labute approximate surface area is 164 Å². The van der Waals surface area contributed by atoms with E-state index in [0.29, 0.717) is 11.8 Å². The van der Waals surface area contributed by atoms with Gasteiger partial charge in [0, 0.05) is 41.5 Å². The summed E-state index contributed by atoms with van der Waals surface area (Å²) < 4.78 is 5.21. The van der Waals surface area contributed by atoms with Gasteiger partial charge in [0.25, 0.3) is 0 Å². The van der Waals surface area contributed by atoms with E-state index in [2.05, 4.69) is 21.4 Å². The summed E-state index contributed by atoms with van der Waals surface area (Å²) in [5, 5.41) is 3.75. The van der Waals surface area contributed by atoms with Crippen LogP contribution in [0, 0.1) is 5.92 Å². The zero-order valence-electron chi connectivity index (χ0n) is 15.9. The van der Waals surface area contributed by atoms with Crippen LogP contribution in [0.2, 0.25) is 0 Å². The third-order valence-electron chi connectivity index (χ3n) is 5.57. The molecule has 6 nitrogen and oxygen atoms in total. The number of pyridine rings is 2. The van der Waals surface area contributed by atoms with Crippen LogP contribution in [0.3, 0.4) is 0 Å². The first-order valence-electron chi connectivity index (χ1n) is 9.88. The molecular weight excluding hydrogens is 350 g/mol. The molecule has 2 aliphatic rings. The summed E-state index contributed by atoms with van der Waals surface area (Å²) in [7, 11) is 1.64. The van der Waals surface area contributed by atoms with Gasteiger partial charge in [0.15, 0.2) is 5.82 Å². The van der Waals surface area contributed by atoms with Crippen LogP contribution >= 0.6 is 0 Å². The minimum absolute atomic E-state index is 0.208. The number of ether oxygens (including phenoxy) is 1. The molecule has 0 saturated heterocycles. The average molecular weight is 373 g/mol. The molecule has 0 amide bonds. The second-order valence-corrected chi connectivity index (χ2v) is 7.51. The number of anilines is 1. The number of fused-ring (bicyclic) bond motifs is 1. The molecule has 3 aromatic heterocycles. The zero-order valence-corrected chi connectivity index (χ0v) is 15.9. The summed E-state index contributed by atoms with van der Waals surface area (Å²) in [6, 6.07) is 8.18. The summed E-state index contributed by atoms with van der Waals surface area (Å²) in [5.74, 6) is 2.97. The van der Waals surface area contributed by atoms with Crippen LogP contribution in [0.25, 0.3) is 11.4 Å². The van der Waals surface area contributed by atoms with E-state index in [1.54, 1.807) is 13.3 Å². The molecule has 0 aromatic carbocycles. The molecule has 1 N–H and O–H groups in total. The lowest BCUT2D eigenvalue weighted by atomic mass is 10.0. The van der Waals surface area contributed by atoms with Crippen LogP contribution < -0.4 is 10.1 Å². The van der Waals surface area contributed by atoms with E-state index in [9.17, 15) is 0 Å². The van der Waals surface area contributed by atoms with Gasteiger partial charge in [-0.05, 0) is 55.7 Å². The van der Waals surface area contributed by atoms with Crippen molar-refractivity contribution in [1.29, 1.82) is 0 Å². The molecule has 2 aliphatic carbocycles. The van der Waals surface area contributed by atoms with Crippen LogP contribution in [0.1, 0.15) is 42.1 Å². The predicted octanol–water partition coefficient (Wildman–Crippen LogP) is 3.99. The number of aromatic nitrogens is 4. The van der Waals surface area contributed by atoms with Gasteiger partial charge in [-0.25, -0.2) is 15.0 Å². The number of rotatable bonds is 6. The van der Waals surface area contributed by atoms with Crippen molar-refractivity contribution < 1.29 is 4.74 Å². The Kier molecular flexibility index (Phi) is 4.39. The second-order valence-electron chi connectivity index (χ2n) is 7.51. The molecule has 1 unspecified atom stereocenters. The minimum Gasteiger partial charge on any atom is -0.481 e. The topological polar surface area (TPSA) is 72.8 Å². The Bertz CT molecular complexity index is 970. The summed E-state index contributed by atoms with van der Waals surface area (Å²) in [6.45, 7) is 0. The molecule has 1 atom stereocenters. The number of hydrogen-bond donors (Lipinski definition) is 1. The van der Waals surface area contributed by atoms with E-state index in [0.717, 1.165) is 36.5 Å². The maximum atomic E-state index is 5.21. The van der Waals surface area contributed by atoms with Gasteiger partial charge in [0.2, 0.25) is 5.88 Å². The van der Waals surface area contributed by atoms with Crippen molar-refractivity contribution in [2.45, 2.75) is 38.1 Å². The van der Waals surface area contributed by atoms with Crippen molar-refractivity contribution >= 4 is 5.82 Å². The summed E-state index contributed by atoms with van der Waals surface area (Å²) in [5.41, 5.74) is 4.56. The fourth-order valence-corrected chi connectivity index (χ4v) is 3.92. The molecule has 3 heterocycles. The fraction of sp³-hybridized carbons (Fsp3) is 0.364. The second kappa shape index (κ2) is 7.19. The lowest BCUT2D eigenvalue weighted by Crippen LogP contribution is -2.16. The number of methoxy groups -OCH3 is 1. The monoisotopic (exact) mass is 373 g/mol. The maximum Gasteiger partial charge on any atom is 0.212 e. The molecular formula is C22H23N5O. The Morgan fingerprint density at radius 1 is 1.11 bits per heavy atom. The smallest absolute Gasteiger partial charge is 0.212 e. The summed E-state index contributed by atoms with van der Waals surface area (Å²) in [4.78, 5) is 18.4. The number of nitrogens with zero attached hydrogens (tertiary/aromatic N) is 4. The first kappa shape index (κ1) is 17.1. The molecule has 0 radical (unpaired) electrons. The third kappa shape index (κ3) is 3.30. The van der Waals surface area contributed by atoms with E-state index < -0.39 is 0 Å². The van der Waals surface area contributed by atoms with Crippen molar-refractivity contribution in [2.75, 3.05) is 12.4 Å². The Balaban J connectivity index is 1.51. The number of aryl methyl sites for hydroxylation is 1. The molecule has 6 heteroatoms. The van der Waals surface area contributed by atoms with Crippen molar-refractivity contribution in [3.05, 3.63) is 59.7 Å². The highest BCUT2D eigenvalue weighted by Gasteiger charge is 2.34. The Hall–Kier alpha value is -3.02. The molecule has 5 rings (SSSR count). The quantitative estimate of drug-likeness (QED) is 0.704. The molecule has 0 bridgehead atoms. The summed E-state index contributed by atoms with van der Waals surface area (Å²) in [6.07, 6.45) is 11.1. The van der Waals surface area contributed by atoms with Gasteiger partial charge in [-0.2, -0.15) is 0 Å². The van der Waals surface area contributed by atoms with E-state index in [-0.39, 0.29) is 6.04 Å². The normalized spacial score (nSPS) is 16.5. The van der Waals surface area contributed by atoms with Gasteiger partial charge in [0.05, 0.1) is 13.2 Å². The van der Waals surface area contributed by atoms with Crippen molar-refractivity contribution in [1.82, 2.24) is 19.9 Å². The van der Waals surface area contributed by atoms with E-state index in [4.69, 9.17) is 14.7 Å². The average Bonchev–Trinajstić information content (AvgIpc) is 3.48. The molecule has 1 saturated carbocycles. The van der Waals surface area contributed by atoms with Crippen LogP contribution in [0.5, 0.6) is 5.88 Å². The van der Waals surface area contributed by atoms with Crippen LogP contribution in [-0.2, 0) is 12.8 Å². The van der Waals surface area contributed by atoms with E-state index >= 15 is 0 Å². The minimum atomic E-state index is 0.208. The maximum absolute atomic E-state index is 5.21. The largest absolute Gasteiger partial charge is 0.481 e. The SMILES string of the molecule is COc1ccc(C(Nc2nc(-c3cccnc3)nc3c2CCC3)C2CC2)cn1. The molecule has 142 valence electrons. The lowest BCUT2D eigenvalue weighted by Gasteiger charge is -2.21.